The van der Waals surface area contributed by atoms with Gasteiger partial charge < -0.3 is 15.7 Å². The fourth-order valence-corrected chi connectivity index (χ4v) is 6.15. The highest BCUT2D eigenvalue weighted by Gasteiger charge is 2.33. The van der Waals surface area contributed by atoms with E-state index >= 15 is 0 Å². The second-order valence-electron chi connectivity index (χ2n) is 12.9. The van der Waals surface area contributed by atoms with Crippen LogP contribution in [0.2, 0.25) is 0 Å². The molecular formula is C42H47F3N2O4. The number of benzene rings is 4. The summed E-state index contributed by atoms with van der Waals surface area (Å²) >= 11 is 0. The molecule has 0 spiro atoms. The van der Waals surface area contributed by atoms with Crippen molar-refractivity contribution in [2.75, 3.05) is 6.54 Å². The van der Waals surface area contributed by atoms with E-state index in [4.69, 9.17) is 0 Å². The Kier molecular flexibility index (Phi) is 14.8. The summed E-state index contributed by atoms with van der Waals surface area (Å²) in [5.74, 6) is -2.92. The van der Waals surface area contributed by atoms with Crippen molar-refractivity contribution in [1.29, 1.82) is 0 Å². The van der Waals surface area contributed by atoms with Crippen LogP contribution in [0.5, 0.6) is 0 Å². The van der Waals surface area contributed by atoms with Crippen molar-refractivity contribution in [2.24, 2.45) is 0 Å². The van der Waals surface area contributed by atoms with Crippen LogP contribution in [0.25, 0.3) is 22.3 Å². The van der Waals surface area contributed by atoms with Crippen LogP contribution in [0.15, 0.2) is 97.1 Å². The molecule has 51 heavy (non-hydrogen) atoms. The molecule has 1 unspecified atom stereocenters. The van der Waals surface area contributed by atoms with Gasteiger partial charge in [-0.1, -0.05) is 144 Å². The molecule has 4 aromatic rings. The summed E-state index contributed by atoms with van der Waals surface area (Å²) in [5, 5.41) is 14.8. The van der Waals surface area contributed by atoms with Crippen LogP contribution in [-0.2, 0) is 22.2 Å². The van der Waals surface area contributed by atoms with Crippen LogP contribution in [0.1, 0.15) is 104 Å². The highest BCUT2D eigenvalue weighted by Crippen LogP contribution is 2.37. The molecule has 1 atom stereocenters. The lowest BCUT2D eigenvalue weighted by Gasteiger charge is -2.20. The third-order valence-corrected chi connectivity index (χ3v) is 9.05. The quantitative estimate of drug-likeness (QED) is 0.0711. The number of hydrogen-bond acceptors (Lipinski definition) is 3. The Labute approximate surface area is 298 Å². The predicted molar refractivity (Wildman–Crippen MR) is 195 cm³/mol. The largest absolute Gasteiger partial charge is 0.474 e. The Morgan fingerprint density at radius 2 is 1.20 bits per heavy atom. The molecule has 6 nitrogen and oxygen atoms in total. The lowest BCUT2D eigenvalue weighted by atomic mass is 9.94. The number of unbranched alkanes of at least 4 members (excludes halogenated alkanes) is 9. The van der Waals surface area contributed by atoms with Gasteiger partial charge in [0.15, 0.2) is 0 Å². The minimum atomic E-state index is -4.53. The first-order valence-corrected chi connectivity index (χ1v) is 17.8. The lowest BCUT2D eigenvalue weighted by Crippen LogP contribution is -2.35. The molecule has 270 valence electrons. The summed E-state index contributed by atoms with van der Waals surface area (Å²) in [4.78, 5) is 36.2. The van der Waals surface area contributed by atoms with Gasteiger partial charge in [-0.2, -0.15) is 13.2 Å². The monoisotopic (exact) mass is 700 g/mol. The maximum Gasteiger partial charge on any atom is 0.417 e. The van der Waals surface area contributed by atoms with Crippen molar-refractivity contribution in [3.63, 3.8) is 0 Å². The number of rotatable bonds is 18. The van der Waals surface area contributed by atoms with E-state index in [0.29, 0.717) is 23.2 Å². The molecular weight excluding hydrogens is 653 g/mol. The number of nitrogens with one attached hydrogen (secondary N) is 2. The smallest absolute Gasteiger partial charge is 0.417 e. The topological polar surface area (TPSA) is 95.5 Å². The zero-order valence-electron chi connectivity index (χ0n) is 29.1. The number of carbonyl (C=O) groups excluding carboxylic acids is 2. The van der Waals surface area contributed by atoms with E-state index in [1.807, 2.05) is 36.4 Å². The standard InChI is InChI=1S/C42H47F3N2O4/c1-2-3-4-5-6-7-8-9-10-13-28-46-39(48)35-26-20-32(21-27-35)31-18-16-30(17-19-31)29-38(47-40(49)41(50)51)34-24-22-33(23-25-34)36-14-11-12-15-37(36)42(43,44)45/h11-12,14-27,38H,2-10,13,28-29H2,1H3,(H,46,48)(H,47,49)(H,50,51). The van der Waals surface area contributed by atoms with Crippen molar-refractivity contribution in [3.8, 4) is 22.3 Å². The molecule has 0 saturated heterocycles. The number of carboxylic acids is 1. The van der Waals surface area contributed by atoms with E-state index in [2.05, 4.69) is 17.6 Å². The van der Waals surface area contributed by atoms with Crippen LogP contribution in [-0.4, -0.2) is 29.4 Å². The van der Waals surface area contributed by atoms with Gasteiger partial charge in [0.05, 0.1) is 11.6 Å². The SMILES string of the molecule is CCCCCCCCCCCCNC(=O)c1ccc(-c2ccc(CC(NC(=O)C(=O)O)c3ccc(-c4ccccc4C(F)(F)F)cc3)cc2)cc1. The minimum Gasteiger partial charge on any atom is -0.474 e. The normalized spacial score (nSPS) is 11.9. The Balaban J connectivity index is 1.33. The van der Waals surface area contributed by atoms with Crippen LogP contribution >= 0.6 is 0 Å². The Morgan fingerprint density at radius 1 is 0.667 bits per heavy atom. The first-order chi connectivity index (χ1) is 24.6. The maximum atomic E-state index is 13.6. The van der Waals surface area contributed by atoms with Crippen molar-refractivity contribution in [1.82, 2.24) is 10.6 Å². The summed E-state index contributed by atoms with van der Waals surface area (Å²) in [7, 11) is 0. The number of aliphatic carboxylic acids is 1. The van der Waals surface area contributed by atoms with Gasteiger partial charge in [-0.15, -0.1) is 0 Å². The second kappa shape index (κ2) is 19.5. The summed E-state index contributed by atoms with van der Waals surface area (Å²) in [5.41, 5.74) is 3.38. The van der Waals surface area contributed by atoms with E-state index in [-0.39, 0.29) is 17.9 Å². The van der Waals surface area contributed by atoms with Crippen LogP contribution in [0.4, 0.5) is 13.2 Å². The molecule has 0 bridgehead atoms. The summed E-state index contributed by atoms with van der Waals surface area (Å²) in [6.07, 6.45) is 8.15. The fourth-order valence-electron chi connectivity index (χ4n) is 6.15. The Bertz CT molecular complexity index is 1700. The molecule has 0 saturated carbocycles. The molecule has 0 aliphatic heterocycles. The van der Waals surface area contributed by atoms with Crippen molar-refractivity contribution < 1.29 is 32.7 Å². The van der Waals surface area contributed by atoms with Crippen molar-refractivity contribution in [2.45, 2.75) is 89.8 Å². The molecule has 4 aromatic carbocycles. The van der Waals surface area contributed by atoms with Gasteiger partial charge in [0, 0.05) is 12.1 Å². The summed E-state index contributed by atoms with van der Waals surface area (Å²) in [6, 6.07) is 25.7. The van der Waals surface area contributed by atoms with Crippen LogP contribution in [0, 0.1) is 0 Å². The van der Waals surface area contributed by atoms with Gasteiger partial charge >= 0.3 is 18.1 Å². The van der Waals surface area contributed by atoms with Crippen molar-refractivity contribution >= 4 is 17.8 Å². The molecule has 0 aromatic heterocycles. The van der Waals surface area contributed by atoms with Gasteiger partial charge in [-0.25, -0.2) is 4.79 Å². The number of hydrogen-bond donors (Lipinski definition) is 3. The van der Waals surface area contributed by atoms with E-state index in [1.165, 1.54) is 81.7 Å². The van der Waals surface area contributed by atoms with Gasteiger partial charge in [0.2, 0.25) is 0 Å². The van der Waals surface area contributed by atoms with E-state index in [1.54, 1.807) is 24.3 Å². The molecule has 0 heterocycles. The third kappa shape index (κ3) is 12.1. The van der Waals surface area contributed by atoms with Crippen LogP contribution < -0.4 is 10.6 Å². The van der Waals surface area contributed by atoms with Gasteiger partial charge in [-0.05, 0) is 64.4 Å². The predicted octanol–water partition coefficient (Wildman–Crippen LogP) is 10.2. The van der Waals surface area contributed by atoms with Crippen LogP contribution in [0.3, 0.4) is 0 Å². The van der Waals surface area contributed by atoms with E-state index in [9.17, 15) is 32.7 Å². The number of amides is 2. The zero-order chi connectivity index (χ0) is 36.6. The zero-order valence-corrected chi connectivity index (χ0v) is 29.1. The molecule has 0 fully saturated rings. The number of carboxylic acid groups (broad SMARTS) is 1. The first-order valence-electron chi connectivity index (χ1n) is 17.8. The molecule has 0 radical (unpaired) electrons. The highest BCUT2D eigenvalue weighted by atomic mass is 19.4. The number of alkyl halides is 3. The first kappa shape index (κ1) is 38.9. The molecule has 4 rings (SSSR count). The fraction of sp³-hybridized carbons (Fsp3) is 0.357. The lowest BCUT2D eigenvalue weighted by molar-refractivity contribution is -0.150. The molecule has 3 N–H and O–H groups in total. The minimum absolute atomic E-state index is 0.0243. The van der Waals surface area contributed by atoms with Gasteiger partial charge in [-0.3, -0.25) is 9.59 Å². The second-order valence-corrected chi connectivity index (χ2v) is 12.9. The summed E-state index contributed by atoms with van der Waals surface area (Å²) in [6.45, 7) is 2.89. The molecule has 0 aliphatic rings. The Hall–Kier alpha value is -4.92. The van der Waals surface area contributed by atoms with Gasteiger partial charge in [0.25, 0.3) is 5.91 Å². The molecule has 0 aliphatic carbocycles. The van der Waals surface area contributed by atoms with E-state index in [0.717, 1.165) is 35.6 Å². The third-order valence-electron chi connectivity index (χ3n) is 9.05. The Morgan fingerprint density at radius 3 is 1.76 bits per heavy atom. The average molecular weight is 701 g/mol. The van der Waals surface area contributed by atoms with Gasteiger partial charge in [0.1, 0.15) is 0 Å². The highest BCUT2D eigenvalue weighted by molar-refractivity contribution is 6.31. The summed E-state index contributed by atoms with van der Waals surface area (Å²) < 4.78 is 40.8. The molecule has 2 amide bonds. The number of carbonyl (C=O) groups is 3. The number of halogens is 3. The van der Waals surface area contributed by atoms with Crippen molar-refractivity contribution in [3.05, 3.63) is 119 Å². The molecule has 9 heteroatoms. The maximum absolute atomic E-state index is 13.6. The van der Waals surface area contributed by atoms with E-state index < -0.39 is 29.7 Å². The average Bonchev–Trinajstić information content (AvgIpc) is 3.13.